The average Bonchev–Trinajstić information content (AvgIpc) is 3.01. The fourth-order valence-corrected chi connectivity index (χ4v) is 2.40. The van der Waals surface area contributed by atoms with Gasteiger partial charge < -0.3 is 9.67 Å². The average molecular weight is 230 g/mol. The van der Waals surface area contributed by atoms with Crippen LogP contribution in [0.5, 0.6) is 0 Å². The molecule has 4 heteroatoms. The molecule has 1 aromatic carbocycles. The van der Waals surface area contributed by atoms with E-state index in [1.165, 1.54) is 0 Å². The molecule has 1 heterocycles. The zero-order valence-corrected chi connectivity index (χ0v) is 9.90. The maximum absolute atomic E-state index is 11.3. The summed E-state index contributed by atoms with van der Waals surface area (Å²) in [5.74, 6) is -0.0711. The summed E-state index contributed by atoms with van der Waals surface area (Å²) in [5, 5.41) is 9.31. The molecule has 0 atom stereocenters. The summed E-state index contributed by atoms with van der Waals surface area (Å²) in [4.78, 5) is 15.8. The molecule has 17 heavy (non-hydrogen) atoms. The molecular weight excluding hydrogens is 216 g/mol. The third kappa shape index (κ3) is 1.30. The van der Waals surface area contributed by atoms with Crippen molar-refractivity contribution in [2.75, 3.05) is 0 Å². The molecule has 0 radical (unpaired) electrons. The molecule has 0 unspecified atom stereocenters. The number of carboxylic acid groups (broad SMARTS) is 1. The molecule has 1 N–H and O–H groups in total. The predicted molar refractivity (Wildman–Crippen MR) is 64.0 cm³/mol. The summed E-state index contributed by atoms with van der Waals surface area (Å²) in [6, 6.07) is 6.02. The van der Waals surface area contributed by atoms with E-state index in [9.17, 15) is 9.90 Å². The van der Waals surface area contributed by atoms with Gasteiger partial charge in [-0.25, -0.2) is 4.98 Å². The topological polar surface area (TPSA) is 55.1 Å². The normalized spacial score (nSPS) is 17.3. The zero-order chi connectivity index (χ0) is 12.2. The SMILES string of the molecule is Cc1ccc2c(c1)nc(C1(C(=O)O)CC1)n2C. The minimum absolute atomic E-state index is 0.686. The molecule has 0 aliphatic heterocycles. The van der Waals surface area contributed by atoms with Crippen LogP contribution in [0, 0.1) is 6.92 Å². The van der Waals surface area contributed by atoms with Gasteiger partial charge in [0.25, 0.3) is 0 Å². The van der Waals surface area contributed by atoms with Crippen LogP contribution in [0.15, 0.2) is 18.2 Å². The quantitative estimate of drug-likeness (QED) is 0.858. The maximum atomic E-state index is 11.3. The van der Waals surface area contributed by atoms with Gasteiger partial charge in [-0.2, -0.15) is 0 Å². The molecule has 0 bridgehead atoms. The first-order valence-electron chi connectivity index (χ1n) is 5.71. The predicted octanol–water partition coefficient (Wildman–Crippen LogP) is 2.00. The number of imidazole rings is 1. The molecular formula is C13H14N2O2. The van der Waals surface area contributed by atoms with Crippen LogP contribution in [0.4, 0.5) is 0 Å². The van der Waals surface area contributed by atoms with E-state index >= 15 is 0 Å². The lowest BCUT2D eigenvalue weighted by molar-refractivity contribution is -0.140. The van der Waals surface area contributed by atoms with Gasteiger partial charge in [-0.15, -0.1) is 0 Å². The molecule has 1 fully saturated rings. The second-order valence-electron chi connectivity index (χ2n) is 4.87. The van der Waals surface area contributed by atoms with E-state index in [0.29, 0.717) is 18.7 Å². The summed E-state index contributed by atoms with van der Waals surface area (Å²) < 4.78 is 1.91. The number of aromatic nitrogens is 2. The van der Waals surface area contributed by atoms with Gasteiger partial charge in [0.1, 0.15) is 11.2 Å². The van der Waals surface area contributed by atoms with Gasteiger partial charge in [-0.1, -0.05) is 6.07 Å². The van der Waals surface area contributed by atoms with Gasteiger partial charge in [0.2, 0.25) is 0 Å². The Morgan fingerprint density at radius 2 is 2.18 bits per heavy atom. The van der Waals surface area contributed by atoms with Gasteiger partial charge in [0.15, 0.2) is 0 Å². The zero-order valence-electron chi connectivity index (χ0n) is 9.90. The third-order valence-electron chi connectivity index (χ3n) is 3.62. The van der Waals surface area contributed by atoms with E-state index in [4.69, 9.17) is 0 Å². The molecule has 0 amide bonds. The number of hydrogen-bond acceptors (Lipinski definition) is 2. The molecule has 1 aromatic heterocycles. The molecule has 2 aromatic rings. The van der Waals surface area contributed by atoms with E-state index in [0.717, 1.165) is 16.6 Å². The van der Waals surface area contributed by atoms with Crippen molar-refractivity contribution in [3.8, 4) is 0 Å². The fraction of sp³-hybridized carbons (Fsp3) is 0.385. The number of carboxylic acids is 1. The van der Waals surface area contributed by atoms with Crippen molar-refractivity contribution in [1.29, 1.82) is 0 Å². The molecule has 4 nitrogen and oxygen atoms in total. The van der Waals surface area contributed by atoms with Crippen LogP contribution >= 0.6 is 0 Å². The van der Waals surface area contributed by atoms with E-state index < -0.39 is 11.4 Å². The monoisotopic (exact) mass is 230 g/mol. The summed E-state index contributed by atoms with van der Waals surface area (Å²) in [6.45, 7) is 2.01. The number of aryl methyl sites for hydroxylation is 2. The number of rotatable bonds is 2. The lowest BCUT2D eigenvalue weighted by Gasteiger charge is -2.09. The number of aliphatic carboxylic acids is 1. The Hall–Kier alpha value is -1.84. The Balaban J connectivity index is 2.25. The van der Waals surface area contributed by atoms with Gasteiger partial charge in [0, 0.05) is 7.05 Å². The van der Waals surface area contributed by atoms with E-state index in [-0.39, 0.29) is 0 Å². The Bertz CT molecular complexity index is 624. The fourth-order valence-electron chi connectivity index (χ4n) is 2.40. The molecule has 0 saturated heterocycles. The molecule has 1 saturated carbocycles. The van der Waals surface area contributed by atoms with Crippen LogP contribution < -0.4 is 0 Å². The molecule has 88 valence electrons. The number of fused-ring (bicyclic) bond motifs is 1. The highest BCUT2D eigenvalue weighted by atomic mass is 16.4. The maximum Gasteiger partial charge on any atom is 0.317 e. The Kier molecular flexibility index (Phi) is 1.88. The first-order valence-corrected chi connectivity index (χ1v) is 5.71. The van der Waals surface area contributed by atoms with E-state index in [1.54, 1.807) is 0 Å². The van der Waals surface area contributed by atoms with Gasteiger partial charge in [0.05, 0.1) is 11.0 Å². The Morgan fingerprint density at radius 1 is 1.47 bits per heavy atom. The number of benzene rings is 1. The minimum Gasteiger partial charge on any atom is -0.480 e. The first kappa shape index (κ1) is 10.3. The molecule has 3 rings (SSSR count). The Labute approximate surface area is 98.9 Å². The highest BCUT2D eigenvalue weighted by molar-refractivity contribution is 5.86. The van der Waals surface area contributed by atoms with Crippen LogP contribution in [-0.2, 0) is 17.3 Å². The summed E-state index contributed by atoms with van der Waals surface area (Å²) >= 11 is 0. The summed E-state index contributed by atoms with van der Waals surface area (Å²) in [6.07, 6.45) is 1.39. The van der Waals surface area contributed by atoms with Crippen LogP contribution in [-0.4, -0.2) is 20.6 Å². The Morgan fingerprint density at radius 3 is 2.76 bits per heavy atom. The third-order valence-corrected chi connectivity index (χ3v) is 3.62. The van der Waals surface area contributed by atoms with Gasteiger partial charge >= 0.3 is 5.97 Å². The van der Waals surface area contributed by atoms with Gasteiger partial charge in [-0.05, 0) is 37.5 Å². The lowest BCUT2D eigenvalue weighted by atomic mass is 10.1. The van der Waals surface area contributed by atoms with Crippen molar-refractivity contribution in [2.45, 2.75) is 25.2 Å². The first-order chi connectivity index (χ1) is 8.04. The summed E-state index contributed by atoms with van der Waals surface area (Å²) in [5.41, 5.74) is 2.29. The van der Waals surface area contributed by atoms with E-state index in [1.807, 2.05) is 36.7 Å². The van der Waals surface area contributed by atoms with Crippen LogP contribution in [0.3, 0.4) is 0 Å². The molecule has 1 aliphatic carbocycles. The van der Waals surface area contributed by atoms with Gasteiger partial charge in [-0.3, -0.25) is 4.79 Å². The molecule has 0 spiro atoms. The number of hydrogen-bond donors (Lipinski definition) is 1. The smallest absolute Gasteiger partial charge is 0.317 e. The largest absolute Gasteiger partial charge is 0.480 e. The number of carbonyl (C=O) groups is 1. The lowest BCUT2D eigenvalue weighted by Crippen LogP contribution is -2.23. The van der Waals surface area contributed by atoms with Crippen LogP contribution in [0.1, 0.15) is 24.2 Å². The van der Waals surface area contributed by atoms with Crippen molar-refractivity contribution < 1.29 is 9.90 Å². The highest BCUT2D eigenvalue weighted by Crippen LogP contribution is 2.48. The summed E-state index contributed by atoms with van der Waals surface area (Å²) in [7, 11) is 1.89. The van der Waals surface area contributed by atoms with Crippen molar-refractivity contribution in [3.63, 3.8) is 0 Å². The van der Waals surface area contributed by atoms with E-state index in [2.05, 4.69) is 4.98 Å². The van der Waals surface area contributed by atoms with Crippen molar-refractivity contribution in [2.24, 2.45) is 7.05 Å². The molecule has 1 aliphatic rings. The highest BCUT2D eigenvalue weighted by Gasteiger charge is 2.55. The van der Waals surface area contributed by atoms with Crippen molar-refractivity contribution in [1.82, 2.24) is 9.55 Å². The van der Waals surface area contributed by atoms with Crippen LogP contribution in [0.25, 0.3) is 11.0 Å². The number of nitrogens with zero attached hydrogens (tertiary/aromatic N) is 2. The van der Waals surface area contributed by atoms with Crippen molar-refractivity contribution >= 4 is 17.0 Å². The van der Waals surface area contributed by atoms with Crippen LogP contribution in [0.2, 0.25) is 0 Å². The standard InChI is InChI=1S/C13H14N2O2/c1-8-3-4-10-9(7-8)14-11(15(10)2)13(5-6-13)12(16)17/h3-4,7H,5-6H2,1-2H3,(H,16,17). The second kappa shape index (κ2) is 3.09. The van der Waals surface area contributed by atoms with Crippen molar-refractivity contribution in [3.05, 3.63) is 29.6 Å². The second-order valence-corrected chi connectivity index (χ2v) is 4.87. The minimum atomic E-state index is -0.757.